The van der Waals surface area contributed by atoms with Gasteiger partial charge in [-0.15, -0.1) is 5.06 Å². The zero-order valence-corrected chi connectivity index (χ0v) is 15.0. The average Bonchev–Trinajstić information content (AvgIpc) is 2.52. The summed E-state index contributed by atoms with van der Waals surface area (Å²) in [5.74, 6) is 0.419. The summed E-state index contributed by atoms with van der Waals surface area (Å²) >= 11 is 0. The summed E-state index contributed by atoms with van der Waals surface area (Å²) in [6, 6.07) is 2.62. The number of benzene rings is 1. The third-order valence-corrected chi connectivity index (χ3v) is 3.97. The van der Waals surface area contributed by atoms with Crippen LogP contribution >= 0.6 is 0 Å². The maximum Gasteiger partial charge on any atom is 0.316 e. The highest BCUT2D eigenvalue weighted by molar-refractivity contribution is 6.02. The molecule has 5 N–H and O–H groups in total. The molecule has 1 aliphatic rings. The van der Waals surface area contributed by atoms with E-state index in [0.717, 1.165) is 5.56 Å². The fraction of sp³-hybridized carbons (Fsp3) is 0.529. The second kappa shape index (κ2) is 7.28. The second-order valence-corrected chi connectivity index (χ2v) is 7.00. The monoisotopic (exact) mass is 350 g/mol. The molecule has 1 heterocycles. The molecular formula is C17H26N4O4. The van der Waals surface area contributed by atoms with Gasteiger partial charge in [0.1, 0.15) is 5.75 Å². The summed E-state index contributed by atoms with van der Waals surface area (Å²) in [4.78, 5) is 22.9. The summed E-state index contributed by atoms with van der Waals surface area (Å²) in [5, 5.41) is 16.8. The van der Waals surface area contributed by atoms with Gasteiger partial charge in [0.25, 0.3) is 0 Å². The molecule has 8 nitrogen and oxygen atoms in total. The Morgan fingerprint density at radius 1 is 1.44 bits per heavy atom. The van der Waals surface area contributed by atoms with Gasteiger partial charge in [0, 0.05) is 17.5 Å². The van der Waals surface area contributed by atoms with Gasteiger partial charge in [0.05, 0.1) is 11.4 Å². The summed E-state index contributed by atoms with van der Waals surface area (Å²) in [6.45, 7) is 7.56. The second-order valence-electron chi connectivity index (χ2n) is 7.00. The van der Waals surface area contributed by atoms with Crippen LogP contribution in [0, 0.1) is 0 Å². The Morgan fingerprint density at radius 3 is 2.68 bits per heavy atom. The van der Waals surface area contributed by atoms with Crippen LogP contribution in [-0.4, -0.2) is 34.0 Å². The Morgan fingerprint density at radius 2 is 2.12 bits per heavy atom. The van der Waals surface area contributed by atoms with Crippen LogP contribution in [0.25, 0.3) is 0 Å². The molecule has 3 amide bonds. The molecule has 8 heteroatoms. The highest BCUT2D eigenvalue weighted by Gasteiger charge is 2.30. The van der Waals surface area contributed by atoms with Crippen molar-refractivity contribution >= 4 is 23.3 Å². The van der Waals surface area contributed by atoms with Crippen LogP contribution in [0.5, 0.6) is 5.75 Å². The summed E-state index contributed by atoms with van der Waals surface area (Å²) in [6.07, 6.45) is 0.817. The first-order valence-corrected chi connectivity index (χ1v) is 8.30. The van der Waals surface area contributed by atoms with Gasteiger partial charge in [-0.25, -0.2) is 4.79 Å². The van der Waals surface area contributed by atoms with E-state index in [1.807, 2.05) is 27.7 Å². The van der Waals surface area contributed by atoms with E-state index in [0.29, 0.717) is 36.4 Å². The number of ether oxygens (including phenoxy) is 1. The Hall–Kier alpha value is -2.32. The van der Waals surface area contributed by atoms with Gasteiger partial charge in [-0.2, -0.15) is 0 Å². The minimum absolute atomic E-state index is 0.136. The van der Waals surface area contributed by atoms with E-state index < -0.39 is 17.8 Å². The number of rotatable bonds is 5. The minimum Gasteiger partial charge on any atom is -0.473 e. The van der Waals surface area contributed by atoms with Crippen LogP contribution in [0.4, 0.5) is 16.2 Å². The zero-order valence-electron chi connectivity index (χ0n) is 15.0. The van der Waals surface area contributed by atoms with E-state index >= 15 is 0 Å². The molecule has 1 atom stereocenters. The standard InChI is InChI=1S/C17H26N4O4/c1-5-14(21(24)17(2,3)4)25-12-8-7-11(19-16(18)23)15-10(12)6-9-13(22)20-15/h7-8,14,24H,5-6,9H2,1-4H3,(H,20,22)(H3,18,19,23). The van der Waals surface area contributed by atoms with Gasteiger partial charge < -0.3 is 26.3 Å². The van der Waals surface area contributed by atoms with Crippen LogP contribution in [0.1, 0.15) is 46.1 Å². The Labute approximate surface area is 147 Å². The van der Waals surface area contributed by atoms with E-state index in [-0.39, 0.29) is 5.91 Å². The van der Waals surface area contributed by atoms with Gasteiger partial charge in [0.2, 0.25) is 5.91 Å². The molecule has 2 rings (SSSR count). The van der Waals surface area contributed by atoms with E-state index in [1.54, 1.807) is 12.1 Å². The number of urea groups is 1. The summed E-state index contributed by atoms with van der Waals surface area (Å²) in [7, 11) is 0. The zero-order chi connectivity index (χ0) is 18.8. The third kappa shape index (κ3) is 4.40. The Kier molecular flexibility index (Phi) is 5.54. The number of fused-ring (bicyclic) bond motifs is 1. The van der Waals surface area contributed by atoms with Gasteiger partial charge in [-0.05, 0) is 45.7 Å². The number of carbonyl (C=O) groups is 2. The molecule has 1 aliphatic heterocycles. The lowest BCUT2D eigenvalue weighted by atomic mass is 10.0. The Balaban J connectivity index is 2.37. The molecule has 0 bridgehead atoms. The molecule has 1 unspecified atom stereocenters. The van der Waals surface area contributed by atoms with E-state index in [2.05, 4.69) is 10.6 Å². The SMILES string of the molecule is CCC(Oc1ccc(NC(N)=O)c2c1CCC(=O)N2)N(O)C(C)(C)C. The predicted molar refractivity (Wildman–Crippen MR) is 94.7 cm³/mol. The molecular weight excluding hydrogens is 324 g/mol. The maximum atomic E-state index is 11.7. The molecule has 0 aliphatic carbocycles. The molecule has 1 aromatic carbocycles. The smallest absolute Gasteiger partial charge is 0.316 e. The van der Waals surface area contributed by atoms with Gasteiger partial charge in [-0.1, -0.05) is 6.92 Å². The van der Waals surface area contributed by atoms with Crippen molar-refractivity contribution in [3.05, 3.63) is 17.7 Å². The van der Waals surface area contributed by atoms with Gasteiger partial charge in [-0.3, -0.25) is 4.79 Å². The molecule has 0 spiro atoms. The van der Waals surface area contributed by atoms with Crippen LogP contribution in [0.15, 0.2) is 12.1 Å². The number of nitrogens with zero attached hydrogens (tertiary/aromatic N) is 1. The topological polar surface area (TPSA) is 117 Å². The van der Waals surface area contributed by atoms with Crippen molar-refractivity contribution in [1.82, 2.24) is 5.06 Å². The number of amides is 3. The first kappa shape index (κ1) is 19.0. The molecule has 0 radical (unpaired) electrons. The highest BCUT2D eigenvalue weighted by atomic mass is 16.6. The maximum absolute atomic E-state index is 11.7. The largest absolute Gasteiger partial charge is 0.473 e. The average molecular weight is 350 g/mol. The van der Waals surface area contributed by atoms with Crippen LogP contribution in [0.2, 0.25) is 0 Å². The number of carbonyl (C=O) groups excluding carboxylic acids is 2. The first-order valence-electron chi connectivity index (χ1n) is 8.30. The lowest BCUT2D eigenvalue weighted by Crippen LogP contribution is -2.48. The number of hydrogen-bond acceptors (Lipinski definition) is 5. The van der Waals surface area contributed by atoms with Crippen LogP contribution < -0.4 is 21.1 Å². The van der Waals surface area contributed by atoms with Crippen molar-refractivity contribution in [2.24, 2.45) is 5.73 Å². The van der Waals surface area contributed by atoms with E-state index in [4.69, 9.17) is 10.5 Å². The van der Waals surface area contributed by atoms with Crippen molar-refractivity contribution < 1.29 is 19.5 Å². The molecule has 0 aromatic heterocycles. The van der Waals surface area contributed by atoms with Crippen molar-refractivity contribution in [1.29, 1.82) is 0 Å². The van der Waals surface area contributed by atoms with Crippen molar-refractivity contribution in [3.63, 3.8) is 0 Å². The quantitative estimate of drug-likeness (QED) is 0.481. The minimum atomic E-state index is -0.712. The van der Waals surface area contributed by atoms with Crippen LogP contribution in [0.3, 0.4) is 0 Å². The van der Waals surface area contributed by atoms with Crippen molar-refractivity contribution in [2.45, 2.75) is 58.7 Å². The lowest BCUT2D eigenvalue weighted by Gasteiger charge is -2.36. The number of nitrogens with two attached hydrogens (primary N) is 1. The normalized spacial score (nSPS) is 15.4. The highest BCUT2D eigenvalue weighted by Crippen LogP contribution is 2.38. The van der Waals surface area contributed by atoms with Gasteiger partial charge in [0.15, 0.2) is 6.23 Å². The van der Waals surface area contributed by atoms with Crippen LogP contribution in [-0.2, 0) is 11.2 Å². The number of nitrogens with one attached hydrogen (secondary N) is 2. The number of hydroxylamine groups is 2. The number of hydrogen-bond donors (Lipinski definition) is 4. The summed E-state index contributed by atoms with van der Waals surface area (Å²) < 4.78 is 6.03. The van der Waals surface area contributed by atoms with E-state index in [9.17, 15) is 14.8 Å². The molecule has 25 heavy (non-hydrogen) atoms. The lowest BCUT2D eigenvalue weighted by molar-refractivity contribution is -0.235. The number of primary amides is 1. The van der Waals surface area contributed by atoms with Crippen molar-refractivity contribution in [3.8, 4) is 5.75 Å². The summed E-state index contributed by atoms with van der Waals surface area (Å²) in [5.41, 5.74) is 6.39. The molecule has 0 fully saturated rings. The predicted octanol–water partition coefficient (Wildman–Crippen LogP) is 2.67. The fourth-order valence-corrected chi connectivity index (χ4v) is 2.69. The Bertz CT molecular complexity index is 669. The van der Waals surface area contributed by atoms with Crippen molar-refractivity contribution in [2.75, 3.05) is 10.6 Å². The molecule has 138 valence electrons. The molecule has 1 aromatic rings. The van der Waals surface area contributed by atoms with Gasteiger partial charge >= 0.3 is 6.03 Å². The molecule has 0 saturated carbocycles. The number of anilines is 2. The van der Waals surface area contributed by atoms with E-state index in [1.165, 1.54) is 5.06 Å². The third-order valence-electron chi connectivity index (χ3n) is 3.97. The molecule has 0 saturated heterocycles. The first-order chi connectivity index (χ1) is 11.6. The fourth-order valence-electron chi connectivity index (χ4n) is 2.69.